The van der Waals surface area contributed by atoms with Crippen LogP contribution in [-0.2, 0) is 6.54 Å². The number of amides is 2. The second-order valence-corrected chi connectivity index (χ2v) is 4.18. The highest BCUT2D eigenvalue weighted by Gasteiger charge is 2.09. The Morgan fingerprint density at radius 3 is 2.69 bits per heavy atom. The monoisotopic (exact) mass is 286 g/mol. The Labute approximate surface area is 103 Å². The summed E-state index contributed by atoms with van der Waals surface area (Å²) in [5.41, 5.74) is 6.25. The minimum atomic E-state index is -0.408. The van der Waals surface area contributed by atoms with Gasteiger partial charge in [-0.1, -0.05) is 6.07 Å². The van der Waals surface area contributed by atoms with E-state index in [4.69, 9.17) is 10.5 Å². The van der Waals surface area contributed by atoms with Gasteiger partial charge in [-0.25, -0.2) is 4.79 Å². The Morgan fingerprint density at radius 2 is 2.25 bits per heavy atom. The molecule has 0 radical (unpaired) electrons. The fraction of sp³-hybridized carbons (Fsp3) is 0.364. The van der Waals surface area contributed by atoms with Crippen molar-refractivity contribution in [1.29, 1.82) is 0 Å². The lowest BCUT2D eigenvalue weighted by molar-refractivity contribution is 0.208. The highest BCUT2D eigenvalue weighted by Crippen LogP contribution is 2.25. The third kappa shape index (κ3) is 3.13. The molecule has 0 heterocycles. The van der Waals surface area contributed by atoms with Crippen molar-refractivity contribution in [3.05, 3.63) is 28.2 Å². The molecule has 16 heavy (non-hydrogen) atoms. The Balaban J connectivity index is 2.81. The maximum absolute atomic E-state index is 11.1. The van der Waals surface area contributed by atoms with E-state index in [0.717, 1.165) is 15.8 Å². The fourth-order valence-corrected chi connectivity index (χ4v) is 1.96. The standard InChI is InChI=1S/C11H15BrN2O2/c1-3-14(11(13)15)7-8-4-5-10(16-2)9(12)6-8/h4-6H,3,7H2,1-2H3,(H2,13,15). The molecule has 0 bridgehead atoms. The molecular formula is C11H15BrN2O2. The molecule has 5 heteroatoms. The maximum atomic E-state index is 11.1. The van der Waals surface area contributed by atoms with E-state index in [1.807, 2.05) is 25.1 Å². The van der Waals surface area contributed by atoms with Gasteiger partial charge < -0.3 is 15.4 Å². The number of halogens is 1. The SMILES string of the molecule is CCN(Cc1ccc(OC)c(Br)c1)C(N)=O. The van der Waals surface area contributed by atoms with E-state index in [1.165, 1.54) is 0 Å². The lowest BCUT2D eigenvalue weighted by atomic mass is 10.2. The molecule has 2 amide bonds. The van der Waals surface area contributed by atoms with E-state index in [0.29, 0.717) is 13.1 Å². The predicted octanol–water partition coefficient (Wildman–Crippen LogP) is 2.36. The molecule has 0 saturated heterocycles. The van der Waals surface area contributed by atoms with E-state index >= 15 is 0 Å². The van der Waals surface area contributed by atoms with Gasteiger partial charge in [0.15, 0.2) is 0 Å². The fourth-order valence-electron chi connectivity index (χ4n) is 1.37. The number of hydrogen-bond donors (Lipinski definition) is 1. The van der Waals surface area contributed by atoms with E-state index in [9.17, 15) is 4.79 Å². The number of ether oxygens (including phenoxy) is 1. The first-order chi connectivity index (χ1) is 7.58. The first-order valence-electron chi connectivity index (χ1n) is 4.95. The molecule has 0 aromatic heterocycles. The molecule has 0 aliphatic carbocycles. The van der Waals surface area contributed by atoms with Crippen LogP contribution in [0.15, 0.2) is 22.7 Å². The Hall–Kier alpha value is -1.23. The first kappa shape index (κ1) is 12.8. The Kier molecular flexibility index (Phi) is 4.61. The number of hydrogen-bond acceptors (Lipinski definition) is 2. The molecule has 0 aliphatic heterocycles. The average molecular weight is 287 g/mol. The van der Waals surface area contributed by atoms with Crippen LogP contribution in [0.2, 0.25) is 0 Å². The van der Waals surface area contributed by atoms with Gasteiger partial charge in [0.25, 0.3) is 0 Å². The van der Waals surface area contributed by atoms with Crippen molar-refractivity contribution in [2.75, 3.05) is 13.7 Å². The highest BCUT2D eigenvalue weighted by atomic mass is 79.9. The first-order valence-corrected chi connectivity index (χ1v) is 5.74. The van der Waals surface area contributed by atoms with Crippen LogP contribution < -0.4 is 10.5 Å². The third-order valence-corrected chi connectivity index (χ3v) is 2.90. The molecule has 0 atom stereocenters. The number of carbonyl (C=O) groups is 1. The second kappa shape index (κ2) is 5.75. The van der Waals surface area contributed by atoms with Crippen molar-refractivity contribution >= 4 is 22.0 Å². The van der Waals surface area contributed by atoms with Crippen molar-refractivity contribution in [3.63, 3.8) is 0 Å². The van der Waals surface area contributed by atoms with Crippen LogP contribution in [0.25, 0.3) is 0 Å². The summed E-state index contributed by atoms with van der Waals surface area (Å²) in [4.78, 5) is 12.6. The van der Waals surface area contributed by atoms with Crippen LogP contribution in [0, 0.1) is 0 Å². The minimum absolute atomic E-state index is 0.408. The van der Waals surface area contributed by atoms with Crippen molar-refractivity contribution < 1.29 is 9.53 Å². The normalized spacial score (nSPS) is 9.94. The molecule has 88 valence electrons. The van der Waals surface area contributed by atoms with Crippen LogP contribution in [0.4, 0.5) is 4.79 Å². The minimum Gasteiger partial charge on any atom is -0.496 e. The van der Waals surface area contributed by atoms with Crippen LogP contribution >= 0.6 is 15.9 Å². The van der Waals surface area contributed by atoms with Crippen molar-refractivity contribution in [1.82, 2.24) is 4.90 Å². The summed E-state index contributed by atoms with van der Waals surface area (Å²) in [5, 5.41) is 0. The smallest absolute Gasteiger partial charge is 0.315 e. The van der Waals surface area contributed by atoms with E-state index < -0.39 is 6.03 Å². The highest BCUT2D eigenvalue weighted by molar-refractivity contribution is 9.10. The molecule has 1 aromatic rings. The Morgan fingerprint density at radius 1 is 1.56 bits per heavy atom. The number of methoxy groups -OCH3 is 1. The summed E-state index contributed by atoms with van der Waals surface area (Å²) in [6.45, 7) is 3.00. The van der Waals surface area contributed by atoms with Crippen molar-refractivity contribution in [3.8, 4) is 5.75 Å². The number of nitrogens with zero attached hydrogens (tertiary/aromatic N) is 1. The lowest BCUT2D eigenvalue weighted by Crippen LogP contribution is -2.34. The summed E-state index contributed by atoms with van der Waals surface area (Å²) in [7, 11) is 1.61. The number of benzene rings is 1. The zero-order valence-electron chi connectivity index (χ0n) is 9.37. The zero-order valence-corrected chi connectivity index (χ0v) is 11.0. The molecule has 0 spiro atoms. The molecule has 1 aromatic carbocycles. The molecule has 2 N–H and O–H groups in total. The summed E-state index contributed by atoms with van der Waals surface area (Å²) >= 11 is 3.40. The van der Waals surface area contributed by atoms with E-state index in [2.05, 4.69) is 15.9 Å². The number of carbonyl (C=O) groups excluding carboxylic acids is 1. The number of rotatable bonds is 4. The quantitative estimate of drug-likeness (QED) is 0.924. The van der Waals surface area contributed by atoms with Gasteiger partial charge in [0.1, 0.15) is 5.75 Å². The van der Waals surface area contributed by atoms with Gasteiger partial charge in [-0.15, -0.1) is 0 Å². The molecule has 0 aliphatic rings. The van der Waals surface area contributed by atoms with Crippen LogP contribution in [0.5, 0.6) is 5.75 Å². The van der Waals surface area contributed by atoms with Gasteiger partial charge in [-0.2, -0.15) is 0 Å². The molecule has 0 unspecified atom stereocenters. The topological polar surface area (TPSA) is 55.6 Å². The van der Waals surface area contributed by atoms with Gasteiger partial charge in [0, 0.05) is 13.1 Å². The van der Waals surface area contributed by atoms with Crippen molar-refractivity contribution in [2.45, 2.75) is 13.5 Å². The van der Waals surface area contributed by atoms with Crippen LogP contribution in [-0.4, -0.2) is 24.6 Å². The summed E-state index contributed by atoms with van der Waals surface area (Å²) in [6.07, 6.45) is 0. The third-order valence-electron chi connectivity index (χ3n) is 2.28. The zero-order chi connectivity index (χ0) is 12.1. The molecule has 0 saturated carbocycles. The second-order valence-electron chi connectivity index (χ2n) is 3.32. The van der Waals surface area contributed by atoms with Gasteiger partial charge >= 0.3 is 6.03 Å². The summed E-state index contributed by atoms with van der Waals surface area (Å²) in [5.74, 6) is 0.769. The summed E-state index contributed by atoms with van der Waals surface area (Å²) < 4.78 is 6.00. The van der Waals surface area contributed by atoms with E-state index in [1.54, 1.807) is 12.0 Å². The van der Waals surface area contributed by atoms with Gasteiger partial charge in [-0.05, 0) is 40.5 Å². The van der Waals surface area contributed by atoms with Crippen molar-refractivity contribution in [2.24, 2.45) is 5.73 Å². The molecular weight excluding hydrogens is 272 g/mol. The predicted molar refractivity (Wildman–Crippen MR) is 66.4 cm³/mol. The van der Waals surface area contributed by atoms with Gasteiger partial charge in [-0.3, -0.25) is 0 Å². The lowest BCUT2D eigenvalue weighted by Gasteiger charge is -2.18. The largest absolute Gasteiger partial charge is 0.496 e. The van der Waals surface area contributed by atoms with Gasteiger partial charge in [0.05, 0.1) is 11.6 Å². The number of urea groups is 1. The summed E-state index contributed by atoms with van der Waals surface area (Å²) in [6, 6.07) is 5.28. The Bertz CT molecular complexity index is 382. The molecule has 1 rings (SSSR count). The van der Waals surface area contributed by atoms with Gasteiger partial charge in [0.2, 0.25) is 0 Å². The molecule has 4 nitrogen and oxygen atoms in total. The average Bonchev–Trinajstić information content (AvgIpc) is 2.25. The number of nitrogens with two attached hydrogens (primary N) is 1. The van der Waals surface area contributed by atoms with Crippen LogP contribution in [0.3, 0.4) is 0 Å². The van der Waals surface area contributed by atoms with Crippen LogP contribution in [0.1, 0.15) is 12.5 Å². The maximum Gasteiger partial charge on any atom is 0.315 e. The number of primary amides is 1. The van der Waals surface area contributed by atoms with E-state index in [-0.39, 0.29) is 0 Å². The molecule has 0 fully saturated rings.